The van der Waals surface area contributed by atoms with Gasteiger partial charge in [0.15, 0.2) is 0 Å². The van der Waals surface area contributed by atoms with Gasteiger partial charge < -0.3 is 20.6 Å². The van der Waals surface area contributed by atoms with Crippen LogP contribution in [0, 0.1) is 0 Å². The molecule has 1 aromatic carbocycles. The standard InChI is InChI=1S/C12H17NO3/c14-7-12(16)6-13-10-2-1-8-4-11(15)5-9(8)3-10/h1-3,11-16H,4-7H2. The first kappa shape index (κ1) is 11.4. The van der Waals surface area contributed by atoms with Crippen LogP contribution in [0.25, 0.3) is 0 Å². The van der Waals surface area contributed by atoms with Gasteiger partial charge in [-0.1, -0.05) is 6.07 Å². The molecule has 4 heteroatoms. The van der Waals surface area contributed by atoms with E-state index in [0.29, 0.717) is 13.0 Å². The van der Waals surface area contributed by atoms with E-state index in [1.807, 2.05) is 18.2 Å². The Kier molecular flexibility index (Phi) is 3.43. The van der Waals surface area contributed by atoms with E-state index in [1.165, 1.54) is 5.56 Å². The Bertz CT molecular complexity index is 367. The minimum absolute atomic E-state index is 0.239. The number of fused-ring (bicyclic) bond motifs is 1. The second kappa shape index (κ2) is 4.82. The number of aliphatic hydroxyl groups excluding tert-OH is 3. The Morgan fingerprint density at radius 1 is 1.31 bits per heavy atom. The number of anilines is 1. The predicted octanol–water partition coefficient (Wildman–Crippen LogP) is -0.0888. The molecule has 0 fully saturated rings. The van der Waals surface area contributed by atoms with Gasteiger partial charge in [-0.3, -0.25) is 0 Å². The van der Waals surface area contributed by atoms with E-state index in [1.54, 1.807) is 0 Å². The van der Waals surface area contributed by atoms with Crippen molar-refractivity contribution < 1.29 is 15.3 Å². The highest BCUT2D eigenvalue weighted by Crippen LogP contribution is 2.25. The van der Waals surface area contributed by atoms with Gasteiger partial charge in [0.2, 0.25) is 0 Å². The lowest BCUT2D eigenvalue weighted by atomic mass is 10.1. The van der Waals surface area contributed by atoms with E-state index in [-0.39, 0.29) is 12.7 Å². The molecule has 0 saturated heterocycles. The number of rotatable bonds is 4. The summed E-state index contributed by atoms with van der Waals surface area (Å²) in [5.74, 6) is 0. The van der Waals surface area contributed by atoms with Gasteiger partial charge in [0.05, 0.1) is 18.8 Å². The first-order chi connectivity index (χ1) is 7.69. The molecule has 2 unspecified atom stereocenters. The quantitative estimate of drug-likeness (QED) is 0.576. The van der Waals surface area contributed by atoms with E-state index in [4.69, 9.17) is 5.11 Å². The first-order valence-electron chi connectivity index (χ1n) is 5.51. The Labute approximate surface area is 94.5 Å². The van der Waals surface area contributed by atoms with Crippen LogP contribution in [0.15, 0.2) is 18.2 Å². The molecular formula is C12H17NO3. The highest BCUT2D eigenvalue weighted by Gasteiger charge is 2.19. The molecule has 1 aliphatic rings. The van der Waals surface area contributed by atoms with Crippen molar-refractivity contribution in [2.75, 3.05) is 18.5 Å². The number of nitrogens with one attached hydrogen (secondary N) is 1. The Morgan fingerprint density at radius 3 is 2.81 bits per heavy atom. The molecule has 88 valence electrons. The molecule has 4 N–H and O–H groups in total. The highest BCUT2D eigenvalue weighted by atomic mass is 16.3. The topological polar surface area (TPSA) is 72.7 Å². The molecule has 0 saturated carbocycles. The maximum atomic E-state index is 9.50. The van der Waals surface area contributed by atoms with Crippen molar-refractivity contribution in [1.29, 1.82) is 0 Å². The molecule has 4 nitrogen and oxygen atoms in total. The maximum Gasteiger partial charge on any atom is 0.0942 e. The summed E-state index contributed by atoms with van der Waals surface area (Å²) >= 11 is 0. The molecular weight excluding hydrogens is 206 g/mol. The van der Waals surface area contributed by atoms with E-state index < -0.39 is 6.10 Å². The minimum atomic E-state index is -0.737. The van der Waals surface area contributed by atoms with Gasteiger partial charge in [-0.15, -0.1) is 0 Å². The fourth-order valence-electron chi connectivity index (χ4n) is 2.01. The van der Waals surface area contributed by atoms with Crippen molar-refractivity contribution in [2.24, 2.45) is 0 Å². The van der Waals surface area contributed by atoms with Crippen LogP contribution in [0.2, 0.25) is 0 Å². The summed E-state index contributed by atoms with van der Waals surface area (Å²) in [6, 6.07) is 5.93. The summed E-state index contributed by atoms with van der Waals surface area (Å²) in [7, 11) is 0. The zero-order chi connectivity index (χ0) is 11.5. The summed E-state index contributed by atoms with van der Waals surface area (Å²) in [4.78, 5) is 0. The lowest BCUT2D eigenvalue weighted by Gasteiger charge is -2.11. The summed E-state index contributed by atoms with van der Waals surface area (Å²) in [6.45, 7) is 0.0918. The van der Waals surface area contributed by atoms with Crippen LogP contribution in [0.1, 0.15) is 11.1 Å². The normalized spacial score (nSPS) is 20.6. The predicted molar refractivity (Wildman–Crippen MR) is 61.4 cm³/mol. The lowest BCUT2D eigenvalue weighted by molar-refractivity contribution is 0.105. The second-order valence-electron chi connectivity index (χ2n) is 4.26. The number of hydrogen-bond donors (Lipinski definition) is 4. The zero-order valence-corrected chi connectivity index (χ0v) is 9.06. The third-order valence-corrected chi connectivity index (χ3v) is 2.87. The number of hydrogen-bond acceptors (Lipinski definition) is 4. The van der Waals surface area contributed by atoms with Crippen LogP contribution in [-0.4, -0.2) is 40.7 Å². The molecule has 0 spiro atoms. The van der Waals surface area contributed by atoms with Crippen LogP contribution < -0.4 is 5.32 Å². The zero-order valence-electron chi connectivity index (χ0n) is 9.06. The smallest absolute Gasteiger partial charge is 0.0942 e. The molecule has 2 atom stereocenters. The Hall–Kier alpha value is -1.10. The molecule has 0 aromatic heterocycles. The van der Waals surface area contributed by atoms with Crippen LogP contribution in [-0.2, 0) is 12.8 Å². The SMILES string of the molecule is OCC(O)CNc1ccc2c(c1)CC(O)C2. The molecule has 16 heavy (non-hydrogen) atoms. The van der Waals surface area contributed by atoms with Crippen molar-refractivity contribution >= 4 is 5.69 Å². The summed E-state index contributed by atoms with van der Waals surface area (Å²) in [5, 5.41) is 30.4. The van der Waals surface area contributed by atoms with Gasteiger partial charge in [0.1, 0.15) is 0 Å². The molecule has 0 aliphatic heterocycles. The van der Waals surface area contributed by atoms with Crippen molar-refractivity contribution in [2.45, 2.75) is 25.0 Å². The van der Waals surface area contributed by atoms with E-state index in [0.717, 1.165) is 17.7 Å². The van der Waals surface area contributed by atoms with Crippen LogP contribution in [0.4, 0.5) is 5.69 Å². The van der Waals surface area contributed by atoms with Gasteiger partial charge >= 0.3 is 0 Å². The lowest BCUT2D eigenvalue weighted by Crippen LogP contribution is -2.22. The molecule has 1 aromatic rings. The first-order valence-corrected chi connectivity index (χ1v) is 5.51. The van der Waals surface area contributed by atoms with Crippen LogP contribution in [0.5, 0.6) is 0 Å². The van der Waals surface area contributed by atoms with Crippen molar-refractivity contribution in [3.8, 4) is 0 Å². The summed E-state index contributed by atoms with van der Waals surface area (Å²) in [6.07, 6.45) is 0.439. The van der Waals surface area contributed by atoms with E-state index in [9.17, 15) is 10.2 Å². The summed E-state index contributed by atoms with van der Waals surface area (Å²) < 4.78 is 0. The average Bonchev–Trinajstić information content (AvgIpc) is 2.65. The van der Waals surface area contributed by atoms with Gasteiger partial charge in [-0.05, 0) is 36.1 Å². The van der Waals surface area contributed by atoms with E-state index >= 15 is 0 Å². The van der Waals surface area contributed by atoms with Crippen molar-refractivity contribution in [3.05, 3.63) is 29.3 Å². The Balaban J connectivity index is 2.00. The molecule has 1 aliphatic carbocycles. The molecule has 0 heterocycles. The average molecular weight is 223 g/mol. The van der Waals surface area contributed by atoms with Gasteiger partial charge in [0, 0.05) is 12.2 Å². The number of benzene rings is 1. The van der Waals surface area contributed by atoms with Crippen LogP contribution in [0.3, 0.4) is 0 Å². The molecule has 0 amide bonds. The Morgan fingerprint density at radius 2 is 2.06 bits per heavy atom. The highest BCUT2D eigenvalue weighted by molar-refractivity contribution is 5.50. The van der Waals surface area contributed by atoms with Gasteiger partial charge in [-0.25, -0.2) is 0 Å². The monoisotopic (exact) mass is 223 g/mol. The van der Waals surface area contributed by atoms with Gasteiger partial charge in [0.25, 0.3) is 0 Å². The van der Waals surface area contributed by atoms with Crippen molar-refractivity contribution in [3.63, 3.8) is 0 Å². The maximum absolute atomic E-state index is 9.50. The van der Waals surface area contributed by atoms with Gasteiger partial charge in [-0.2, -0.15) is 0 Å². The fraction of sp³-hybridized carbons (Fsp3) is 0.500. The number of aliphatic hydroxyl groups is 3. The molecule has 2 rings (SSSR count). The third-order valence-electron chi connectivity index (χ3n) is 2.87. The summed E-state index contributed by atoms with van der Waals surface area (Å²) in [5.41, 5.74) is 3.28. The second-order valence-corrected chi connectivity index (χ2v) is 4.26. The fourth-order valence-corrected chi connectivity index (χ4v) is 2.01. The molecule has 0 bridgehead atoms. The minimum Gasteiger partial charge on any atom is -0.394 e. The van der Waals surface area contributed by atoms with E-state index in [2.05, 4.69) is 5.32 Å². The molecule has 0 radical (unpaired) electrons. The van der Waals surface area contributed by atoms with Crippen LogP contribution >= 0.6 is 0 Å². The van der Waals surface area contributed by atoms with Crippen molar-refractivity contribution in [1.82, 2.24) is 0 Å². The largest absolute Gasteiger partial charge is 0.394 e. The third kappa shape index (κ3) is 2.52.